The van der Waals surface area contributed by atoms with Crippen molar-refractivity contribution in [2.24, 2.45) is 0 Å². The molecule has 0 aliphatic heterocycles. The van der Waals surface area contributed by atoms with Crippen molar-refractivity contribution in [2.45, 2.75) is 13.5 Å². The van der Waals surface area contributed by atoms with Crippen LogP contribution in [0.25, 0.3) is 0 Å². The Bertz CT molecular complexity index is 696. The van der Waals surface area contributed by atoms with Crippen LogP contribution in [0.1, 0.15) is 11.1 Å². The van der Waals surface area contributed by atoms with Gasteiger partial charge in [-0.15, -0.1) is 0 Å². The predicted octanol–water partition coefficient (Wildman–Crippen LogP) is 3.61. The second-order valence-corrected chi connectivity index (χ2v) is 7.01. The Labute approximate surface area is 124 Å². The van der Waals surface area contributed by atoms with E-state index in [1.807, 2.05) is 37.3 Å². The standard InChI is InChI=1S/C15H16ClNO2S/c1-12-7-9-14(10-8-12)17(20(2,18)19)11-13-5-3-4-6-15(13)16/h3-10H,11H2,1-2H3. The summed E-state index contributed by atoms with van der Waals surface area (Å²) in [4.78, 5) is 0. The van der Waals surface area contributed by atoms with Crippen LogP contribution in [-0.4, -0.2) is 14.7 Å². The highest BCUT2D eigenvalue weighted by Crippen LogP contribution is 2.24. The van der Waals surface area contributed by atoms with E-state index in [9.17, 15) is 8.42 Å². The van der Waals surface area contributed by atoms with E-state index in [2.05, 4.69) is 0 Å². The van der Waals surface area contributed by atoms with Crippen LogP contribution in [0.3, 0.4) is 0 Å². The van der Waals surface area contributed by atoms with Crippen LogP contribution >= 0.6 is 11.6 Å². The Hall–Kier alpha value is -1.52. The smallest absolute Gasteiger partial charge is 0.232 e. The molecule has 0 saturated heterocycles. The number of sulfonamides is 1. The topological polar surface area (TPSA) is 37.4 Å². The molecule has 106 valence electrons. The molecule has 0 aliphatic carbocycles. The third kappa shape index (κ3) is 3.52. The summed E-state index contributed by atoms with van der Waals surface area (Å²) >= 11 is 6.11. The second kappa shape index (κ2) is 5.85. The lowest BCUT2D eigenvalue weighted by atomic mass is 10.2. The van der Waals surface area contributed by atoms with Crippen LogP contribution in [0.15, 0.2) is 48.5 Å². The number of benzene rings is 2. The summed E-state index contributed by atoms with van der Waals surface area (Å²) in [6.45, 7) is 2.18. The normalized spacial score (nSPS) is 11.3. The Morgan fingerprint density at radius 3 is 2.20 bits per heavy atom. The molecule has 0 unspecified atom stereocenters. The summed E-state index contributed by atoms with van der Waals surface area (Å²) in [5.74, 6) is 0. The van der Waals surface area contributed by atoms with E-state index >= 15 is 0 Å². The maximum atomic E-state index is 12.0. The van der Waals surface area contributed by atoms with Crippen molar-refractivity contribution in [3.63, 3.8) is 0 Å². The van der Waals surface area contributed by atoms with Gasteiger partial charge in [-0.05, 0) is 30.7 Å². The van der Waals surface area contributed by atoms with E-state index in [0.29, 0.717) is 10.7 Å². The van der Waals surface area contributed by atoms with Crippen molar-refractivity contribution in [1.29, 1.82) is 0 Å². The van der Waals surface area contributed by atoms with Crippen molar-refractivity contribution in [3.05, 3.63) is 64.7 Å². The van der Waals surface area contributed by atoms with Crippen LogP contribution in [0, 0.1) is 6.92 Å². The molecule has 0 bridgehead atoms. The van der Waals surface area contributed by atoms with E-state index in [4.69, 9.17) is 11.6 Å². The molecular formula is C15H16ClNO2S. The van der Waals surface area contributed by atoms with E-state index in [0.717, 1.165) is 11.1 Å². The summed E-state index contributed by atoms with van der Waals surface area (Å²) < 4.78 is 25.4. The fraction of sp³-hybridized carbons (Fsp3) is 0.200. The Morgan fingerprint density at radius 1 is 1.05 bits per heavy atom. The lowest BCUT2D eigenvalue weighted by Gasteiger charge is -2.23. The monoisotopic (exact) mass is 309 g/mol. The number of nitrogens with zero attached hydrogens (tertiary/aromatic N) is 1. The van der Waals surface area contributed by atoms with Gasteiger partial charge < -0.3 is 0 Å². The molecule has 0 saturated carbocycles. The molecule has 5 heteroatoms. The zero-order valence-corrected chi connectivity index (χ0v) is 12.9. The fourth-order valence-corrected chi connectivity index (χ4v) is 2.97. The minimum absolute atomic E-state index is 0.224. The average molecular weight is 310 g/mol. The third-order valence-electron chi connectivity index (χ3n) is 2.99. The molecule has 2 aromatic carbocycles. The van der Waals surface area contributed by atoms with Gasteiger partial charge in [0.15, 0.2) is 0 Å². The first-order valence-corrected chi connectivity index (χ1v) is 8.38. The fourth-order valence-electron chi connectivity index (χ4n) is 1.89. The largest absolute Gasteiger partial charge is 0.266 e. The summed E-state index contributed by atoms with van der Waals surface area (Å²) in [6, 6.07) is 14.6. The number of rotatable bonds is 4. The highest BCUT2D eigenvalue weighted by Gasteiger charge is 2.18. The van der Waals surface area contributed by atoms with E-state index in [-0.39, 0.29) is 6.54 Å². The van der Waals surface area contributed by atoms with Crippen LogP contribution in [0.5, 0.6) is 0 Å². The maximum absolute atomic E-state index is 12.0. The van der Waals surface area contributed by atoms with Crippen molar-refractivity contribution in [3.8, 4) is 0 Å². The molecule has 0 radical (unpaired) electrons. The first kappa shape index (κ1) is 14.9. The molecule has 2 rings (SSSR count). The molecule has 3 nitrogen and oxygen atoms in total. The van der Waals surface area contributed by atoms with Crippen molar-refractivity contribution < 1.29 is 8.42 Å². The quantitative estimate of drug-likeness (QED) is 0.865. The molecule has 0 atom stereocenters. The van der Waals surface area contributed by atoms with Gasteiger partial charge >= 0.3 is 0 Å². The average Bonchev–Trinajstić information content (AvgIpc) is 2.38. The van der Waals surface area contributed by atoms with Crippen LogP contribution in [0.2, 0.25) is 5.02 Å². The van der Waals surface area contributed by atoms with Crippen molar-refractivity contribution >= 4 is 27.3 Å². The number of hydrogen-bond donors (Lipinski definition) is 0. The third-order valence-corrected chi connectivity index (χ3v) is 4.50. The van der Waals surface area contributed by atoms with E-state index < -0.39 is 10.0 Å². The number of halogens is 1. The van der Waals surface area contributed by atoms with Gasteiger partial charge in [-0.2, -0.15) is 0 Å². The molecule has 20 heavy (non-hydrogen) atoms. The van der Waals surface area contributed by atoms with Crippen molar-refractivity contribution in [2.75, 3.05) is 10.6 Å². The second-order valence-electron chi connectivity index (χ2n) is 4.70. The van der Waals surface area contributed by atoms with Gasteiger partial charge in [0.1, 0.15) is 0 Å². The Kier molecular flexibility index (Phi) is 4.35. The summed E-state index contributed by atoms with van der Waals surface area (Å²) in [7, 11) is -3.37. The molecule has 0 heterocycles. The summed E-state index contributed by atoms with van der Waals surface area (Å²) in [5, 5.41) is 0.563. The number of anilines is 1. The molecule has 0 N–H and O–H groups in total. The lowest BCUT2D eigenvalue weighted by Crippen LogP contribution is -2.29. The van der Waals surface area contributed by atoms with Gasteiger partial charge in [0.05, 0.1) is 18.5 Å². The van der Waals surface area contributed by atoms with Crippen LogP contribution < -0.4 is 4.31 Å². The van der Waals surface area contributed by atoms with Gasteiger partial charge in [0.25, 0.3) is 0 Å². The highest BCUT2D eigenvalue weighted by atomic mass is 35.5. The molecule has 0 aromatic heterocycles. The molecule has 2 aromatic rings. The Balaban J connectivity index is 2.40. The van der Waals surface area contributed by atoms with Crippen LogP contribution in [0.4, 0.5) is 5.69 Å². The van der Waals surface area contributed by atoms with E-state index in [1.165, 1.54) is 10.6 Å². The van der Waals surface area contributed by atoms with Gasteiger partial charge in [-0.25, -0.2) is 8.42 Å². The molecule has 0 spiro atoms. The number of hydrogen-bond acceptors (Lipinski definition) is 2. The minimum atomic E-state index is -3.37. The first-order valence-electron chi connectivity index (χ1n) is 6.16. The zero-order chi connectivity index (χ0) is 14.8. The molecular weight excluding hydrogens is 294 g/mol. The maximum Gasteiger partial charge on any atom is 0.232 e. The van der Waals surface area contributed by atoms with Gasteiger partial charge in [0.2, 0.25) is 10.0 Å². The van der Waals surface area contributed by atoms with Gasteiger partial charge in [0, 0.05) is 5.02 Å². The SMILES string of the molecule is Cc1ccc(N(Cc2ccccc2Cl)S(C)(=O)=O)cc1. The number of aryl methyl sites for hydroxylation is 1. The predicted molar refractivity (Wildman–Crippen MR) is 83.7 cm³/mol. The zero-order valence-electron chi connectivity index (χ0n) is 11.4. The first-order chi connectivity index (χ1) is 9.38. The van der Waals surface area contributed by atoms with E-state index in [1.54, 1.807) is 18.2 Å². The summed E-state index contributed by atoms with van der Waals surface area (Å²) in [5.41, 5.74) is 2.50. The summed E-state index contributed by atoms with van der Waals surface area (Å²) in [6.07, 6.45) is 1.20. The molecule has 0 aliphatic rings. The molecule has 0 fully saturated rings. The molecule has 0 amide bonds. The van der Waals surface area contributed by atoms with Crippen LogP contribution in [-0.2, 0) is 16.6 Å². The van der Waals surface area contributed by atoms with Crippen molar-refractivity contribution in [1.82, 2.24) is 0 Å². The Morgan fingerprint density at radius 2 is 1.65 bits per heavy atom. The van der Waals surface area contributed by atoms with Gasteiger partial charge in [-0.3, -0.25) is 4.31 Å². The highest BCUT2D eigenvalue weighted by molar-refractivity contribution is 7.92. The van der Waals surface area contributed by atoms with Gasteiger partial charge in [-0.1, -0.05) is 47.5 Å². The minimum Gasteiger partial charge on any atom is -0.266 e. The lowest BCUT2D eigenvalue weighted by molar-refractivity contribution is 0.596.